The third-order valence-corrected chi connectivity index (χ3v) is 6.18. The average Bonchev–Trinajstić information content (AvgIpc) is 3.13. The van der Waals surface area contributed by atoms with Crippen LogP contribution >= 0.6 is 7.75 Å². The zero-order valence-corrected chi connectivity index (χ0v) is 17.9. The summed E-state index contributed by atoms with van der Waals surface area (Å²) in [5, 5.41) is 12.9. The topological polar surface area (TPSA) is 138 Å². The van der Waals surface area contributed by atoms with E-state index in [2.05, 4.69) is 14.8 Å². The number of aromatic nitrogens is 2. The minimum Gasteiger partial charge on any atom is -0.468 e. The van der Waals surface area contributed by atoms with Crippen molar-refractivity contribution < 1.29 is 33.0 Å². The van der Waals surface area contributed by atoms with Gasteiger partial charge in [-0.2, -0.15) is 5.09 Å². The molecular formula is C19H24N3O8P. The van der Waals surface area contributed by atoms with E-state index in [1.54, 1.807) is 36.4 Å². The summed E-state index contributed by atoms with van der Waals surface area (Å²) in [5.74, 6) is -0.406. The fourth-order valence-corrected chi connectivity index (χ4v) is 4.47. The van der Waals surface area contributed by atoms with Crippen molar-refractivity contribution in [1.82, 2.24) is 14.6 Å². The van der Waals surface area contributed by atoms with Crippen molar-refractivity contribution >= 4 is 13.7 Å². The number of esters is 1. The number of nitrogens with one attached hydrogen (secondary N) is 1. The van der Waals surface area contributed by atoms with Gasteiger partial charge in [-0.05, 0) is 25.1 Å². The number of benzene rings is 1. The van der Waals surface area contributed by atoms with Crippen molar-refractivity contribution in [2.24, 2.45) is 0 Å². The van der Waals surface area contributed by atoms with Crippen LogP contribution in [0.15, 0.2) is 53.6 Å². The number of hydrogen-bond donors (Lipinski definition) is 2. The van der Waals surface area contributed by atoms with E-state index in [9.17, 15) is 19.3 Å². The molecule has 0 radical (unpaired) electrons. The van der Waals surface area contributed by atoms with Crippen molar-refractivity contribution in [1.29, 1.82) is 0 Å². The number of para-hydroxylation sites is 1. The minimum atomic E-state index is -4.07. The van der Waals surface area contributed by atoms with Crippen LogP contribution in [0.3, 0.4) is 0 Å². The van der Waals surface area contributed by atoms with Crippen molar-refractivity contribution in [2.75, 3.05) is 13.7 Å². The second-order valence-electron chi connectivity index (χ2n) is 6.81. The Labute approximate surface area is 178 Å². The standard InChI is InChI=1S/C19H24N3O8P/c1-13(18(24)27-2)21-31(26,30-14-7-4-3-5-8-14)28-12-16-15(23)11-17(29-16)22-10-6-9-20-19(22)25/h3-10,13,15-17,23H,11-12H2,1-2H3,(H,21,26)/t13-,15-,16+,17+,31?/m0/s1. The molecule has 2 N–H and O–H groups in total. The molecule has 168 valence electrons. The van der Waals surface area contributed by atoms with E-state index in [1.165, 1.54) is 31.0 Å². The number of nitrogens with zero attached hydrogens (tertiary/aromatic N) is 2. The first-order valence-corrected chi connectivity index (χ1v) is 11.1. The SMILES string of the molecule is COC(=O)[C@H](C)NP(=O)(OC[C@H]1O[C@@H](n2cccnc2=O)C[C@@H]1O)Oc1ccccc1. The first-order chi connectivity index (χ1) is 14.8. The van der Waals surface area contributed by atoms with E-state index in [4.69, 9.17) is 13.8 Å². The fourth-order valence-electron chi connectivity index (χ4n) is 2.97. The maximum Gasteiger partial charge on any atom is 0.459 e. The largest absolute Gasteiger partial charge is 0.468 e. The fraction of sp³-hybridized carbons (Fsp3) is 0.421. The van der Waals surface area contributed by atoms with Crippen LogP contribution in [0.2, 0.25) is 0 Å². The Morgan fingerprint density at radius 2 is 2.13 bits per heavy atom. The number of hydrogen-bond acceptors (Lipinski definition) is 9. The van der Waals surface area contributed by atoms with E-state index in [-0.39, 0.29) is 18.8 Å². The van der Waals surface area contributed by atoms with E-state index >= 15 is 0 Å². The number of carbonyl (C=O) groups excluding carboxylic acids is 1. The summed E-state index contributed by atoms with van der Waals surface area (Å²) in [4.78, 5) is 27.3. The highest BCUT2D eigenvalue weighted by Gasteiger charge is 2.39. The Bertz CT molecular complexity index is 985. The zero-order valence-electron chi connectivity index (χ0n) is 17.0. The molecule has 0 bridgehead atoms. The van der Waals surface area contributed by atoms with Crippen LogP contribution in [0.5, 0.6) is 5.75 Å². The van der Waals surface area contributed by atoms with Crippen LogP contribution in [0.4, 0.5) is 0 Å². The summed E-state index contributed by atoms with van der Waals surface area (Å²) >= 11 is 0. The molecule has 31 heavy (non-hydrogen) atoms. The minimum absolute atomic E-state index is 0.120. The van der Waals surface area contributed by atoms with Crippen molar-refractivity contribution in [3.05, 3.63) is 59.3 Å². The third-order valence-electron chi connectivity index (χ3n) is 4.54. The second kappa shape index (κ2) is 10.2. The number of rotatable bonds is 9. The number of aliphatic hydroxyl groups excluding tert-OH is 1. The zero-order chi connectivity index (χ0) is 22.4. The number of carbonyl (C=O) groups is 1. The molecule has 1 aliphatic rings. The molecule has 3 rings (SSSR count). The summed E-state index contributed by atoms with van der Waals surface area (Å²) in [6.07, 6.45) is 0.353. The van der Waals surface area contributed by atoms with Gasteiger partial charge in [-0.1, -0.05) is 18.2 Å². The predicted molar refractivity (Wildman–Crippen MR) is 108 cm³/mol. The van der Waals surface area contributed by atoms with Gasteiger partial charge in [0.25, 0.3) is 0 Å². The predicted octanol–water partition coefficient (Wildman–Crippen LogP) is 1.25. The van der Waals surface area contributed by atoms with Gasteiger partial charge in [0.15, 0.2) is 0 Å². The van der Waals surface area contributed by atoms with E-state index < -0.39 is 43.9 Å². The summed E-state index contributed by atoms with van der Waals surface area (Å²) in [5.41, 5.74) is -0.520. The van der Waals surface area contributed by atoms with Crippen LogP contribution in [-0.4, -0.2) is 52.6 Å². The molecule has 11 nitrogen and oxygen atoms in total. The number of methoxy groups -OCH3 is 1. The summed E-state index contributed by atoms with van der Waals surface area (Å²) < 4.78 is 35.9. The van der Waals surface area contributed by atoms with Gasteiger partial charge in [-0.25, -0.2) is 14.3 Å². The van der Waals surface area contributed by atoms with Crippen LogP contribution in [-0.2, 0) is 23.4 Å². The van der Waals surface area contributed by atoms with E-state index in [0.717, 1.165) is 0 Å². The van der Waals surface area contributed by atoms with Gasteiger partial charge in [-0.3, -0.25) is 13.9 Å². The lowest BCUT2D eigenvalue weighted by atomic mass is 10.2. The summed E-state index contributed by atoms with van der Waals surface area (Å²) in [7, 11) is -2.87. The van der Waals surface area contributed by atoms with E-state index in [0.29, 0.717) is 0 Å². The Hall–Kier alpha value is -2.56. The molecule has 1 aliphatic heterocycles. The molecule has 1 unspecified atom stereocenters. The summed E-state index contributed by atoms with van der Waals surface area (Å²) in [6, 6.07) is 8.86. The van der Waals surface area contributed by atoms with Gasteiger partial charge < -0.3 is 19.1 Å². The first-order valence-electron chi connectivity index (χ1n) is 9.53. The smallest absolute Gasteiger partial charge is 0.459 e. The monoisotopic (exact) mass is 453 g/mol. The van der Waals surface area contributed by atoms with Crippen LogP contribution in [0.25, 0.3) is 0 Å². The van der Waals surface area contributed by atoms with Crippen molar-refractivity contribution in [2.45, 2.75) is 37.8 Å². The quantitative estimate of drug-likeness (QED) is 0.421. The number of aliphatic hydroxyl groups is 1. The van der Waals surface area contributed by atoms with Gasteiger partial charge in [0, 0.05) is 18.8 Å². The lowest BCUT2D eigenvalue weighted by Gasteiger charge is -2.24. The van der Waals surface area contributed by atoms with Gasteiger partial charge in [0.2, 0.25) is 0 Å². The van der Waals surface area contributed by atoms with Crippen LogP contribution < -0.4 is 15.3 Å². The first kappa shape index (κ1) is 23.1. The Kier molecular flexibility index (Phi) is 7.58. The van der Waals surface area contributed by atoms with Gasteiger partial charge in [-0.15, -0.1) is 0 Å². The lowest BCUT2D eigenvalue weighted by molar-refractivity contribution is -0.142. The Balaban J connectivity index is 1.70. The molecule has 0 spiro atoms. The highest BCUT2D eigenvalue weighted by atomic mass is 31.2. The molecule has 0 aliphatic carbocycles. The second-order valence-corrected chi connectivity index (χ2v) is 8.51. The molecule has 2 heterocycles. The molecule has 1 aromatic carbocycles. The van der Waals surface area contributed by atoms with Gasteiger partial charge in [0.1, 0.15) is 24.1 Å². The maximum atomic E-state index is 13.3. The van der Waals surface area contributed by atoms with Crippen LogP contribution in [0.1, 0.15) is 19.6 Å². The normalized spacial score (nSPS) is 23.6. The summed E-state index contributed by atoms with van der Waals surface area (Å²) in [6.45, 7) is 1.12. The Morgan fingerprint density at radius 1 is 1.39 bits per heavy atom. The molecule has 1 aromatic heterocycles. The van der Waals surface area contributed by atoms with Gasteiger partial charge >= 0.3 is 19.4 Å². The molecule has 1 fully saturated rings. The molecule has 0 amide bonds. The third kappa shape index (κ3) is 5.99. The number of ether oxygens (including phenoxy) is 2. The molecule has 1 saturated heterocycles. The molecule has 12 heteroatoms. The van der Waals surface area contributed by atoms with Gasteiger partial charge in [0.05, 0.1) is 19.8 Å². The Morgan fingerprint density at radius 3 is 2.81 bits per heavy atom. The van der Waals surface area contributed by atoms with E-state index in [1.807, 2.05) is 0 Å². The van der Waals surface area contributed by atoms with Crippen molar-refractivity contribution in [3.8, 4) is 5.75 Å². The molecule has 2 aromatic rings. The average molecular weight is 453 g/mol. The van der Waals surface area contributed by atoms with Crippen LogP contribution in [0, 0.1) is 0 Å². The van der Waals surface area contributed by atoms with Crippen molar-refractivity contribution in [3.63, 3.8) is 0 Å². The molecular weight excluding hydrogens is 429 g/mol. The molecule has 0 saturated carbocycles. The molecule has 5 atom stereocenters. The maximum absolute atomic E-state index is 13.3. The lowest BCUT2D eigenvalue weighted by Crippen LogP contribution is -2.36. The highest BCUT2D eigenvalue weighted by molar-refractivity contribution is 7.52. The highest BCUT2D eigenvalue weighted by Crippen LogP contribution is 2.45.